The molecular formula is C15H20BrN5O2. The van der Waals surface area contributed by atoms with Gasteiger partial charge in [-0.15, -0.1) is 0 Å². The van der Waals surface area contributed by atoms with Gasteiger partial charge in [0.1, 0.15) is 0 Å². The van der Waals surface area contributed by atoms with Gasteiger partial charge in [0.25, 0.3) is 5.91 Å². The minimum Gasteiger partial charge on any atom is -0.369 e. The fourth-order valence-corrected chi connectivity index (χ4v) is 3.18. The minimum absolute atomic E-state index is 0.0546. The molecule has 8 heteroatoms. The Bertz CT molecular complexity index is 696. The first-order chi connectivity index (χ1) is 11.0. The van der Waals surface area contributed by atoms with E-state index in [9.17, 15) is 4.79 Å². The molecule has 1 aliphatic heterocycles. The van der Waals surface area contributed by atoms with Gasteiger partial charge in [0, 0.05) is 31.3 Å². The highest BCUT2D eigenvalue weighted by Gasteiger charge is 2.29. The van der Waals surface area contributed by atoms with E-state index < -0.39 is 0 Å². The number of hydrogen-bond donors (Lipinski definition) is 2. The van der Waals surface area contributed by atoms with Crippen molar-refractivity contribution in [2.45, 2.75) is 45.4 Å². The molecule has 124 valence electrons. The summed E-state index contributed by atoms with van der Waals surface area (Å²) in [5, 5.41) is 14.2. The van der Waals surface area contributed by atoms with E-state index in [1.165, 1.54) is 0 Å². The molecule has 2 atom stereocenters. The molecule has 0 radical (unpaired) electrons. The number of nitrogens with zero attached hydrogens (tertiary/aromatic N) is 3. The Balaban J connectivity index is 1.55. The fourth-order valence-electron chi connectivity index (χ4n) is 2.85. The van der Waals surface area contributed by atoms with Crippen molar-refractivity contribution >= 4 is 21.8 Å². The summed E-state index contributed by atoms with van der Waals surface area (Å²) in [5.74, 6) is -0.134. The number of aromatic amines is 1. The van der Waals surface area contributed by atoms with E-state index in [-0.39, 0.29) is 18.1 Å². The highest BCUT2D eigenvalue weighted by Crippen LogP contribution is 2.29. The van der Waals surface area contributed by atoms with Gasteiger partial charge in [-0.1, -0.05) is 0 Å². The van der Waals surface area contributed by atoms with Gasteiger partial charge in [-0.05, 0) is 36.2 Å². The first kappa shape index (κ1) is 16.2. The van der Waals surface area contributed by atoms with Crippen LogP contribution < -0.4 is 5.32 Å². The summed E-state index contributed by atoms with van der Waals surface area (Å²) < 4.78 is 8.53. The fraction of sp³-hybridized carbons (Fsp3) is 0.533. The van der Waals surface area contributed by atoms with Gasteiger partial charge in [0.15, 0.2) is 5.69 Å². The van der Waals surface area contributed by atoms with E-state index in [0.29, 0.717) is 18.7 Å². The highest BCUT2D eigenvalue weighted by molar-refractivity contribution is 9.10. The molecule has 0 unspecified atom stereocenters. The SMILES string of the molecule is C[C@@H]1Cc2c(C(=O)NCCCn3cc(Br)cn3)n[nH]c2[C@H](C)O1. The zero-order valence-electron chi connectivity index (χ0n) is 13.2. The molecule has 1 amide bonds. The number of rotatable bonds is 5. The average Bonchev–Trinajstić information content (AvgIpc) is 3.09. The Morgan fingerprint density at radius 2 is 2.39 bits per heavy atom. The van der Waals surface area contributed by atoms with Gasteiger partial charge in [-0.2, -0.15) is 10.2 Å². The Labute approximate surface area is 142 Å². The summed E-state index contributed by atoms with van der Waals surface area (Å²) in [4.78, 5) is 12.3. The molecule has 0 fully saturated rings. The second-order valence-electron chi connectivity index (χ2n) is 5.79. The number of ether oxygens (including phenoxy) is 1. The number of nitrogens with one attached hydrogen (secondary N) is 2. The molecule has 0 aliphatic carbocycles. The second-order valence-corrected chi connectivity index (χ2v) is 6.70. The van der Waals surface area contributed by atoms with Crippen LogP contribution in [-0.4, -0.2) is 38.5 Å². The van der Waals surface area contributed by atoms with Crippen molar-refractivity contribution in [2.24, 2.45) is 0 Å². The maximum absolute atomic E-state index is 12.3. The predicted octanol–water partition coefficient (Wildman–Crippen LogP) is 2.21. The number of halogens is 1. The molecular weight excluding hydrogens is 362 g/mol. The van der Waals surface area contributed by atoms with Crippen molar-refractivity contribution in [3.05, 3.63) is 33.8 Å². The number of hydrogen-bond acceptors (Lipinski definition) is 4. The topological polar surface area (TPSA) is 84.8 Å². The number of H-pyrrole nitrogens is 1. The number of amides is 1. The van der Waals surface area contributed by atoms with E-state index in [2.05, 4.69) is 36.5 Å². The normalized spacial score (nSPS) is 20.3. The third-order valence-corrected chi connectivity index (χ3v) is 4.31. The summed E-state index contributed by atoms with van der Waals surface area (Å²) in [6.07, 6.45) is 5.22. The monoisotopic (exact) mass is 381 g/mol. The highest BCUT2D eigenvalue weighted by atomic mass is 79.9. The zero-order valence-corrected chi connectivity index (χ0v) is 14.8. The first-order valence-electron chi connectivity index (χ1n) is 7.73. The number of fused-ring (bicyclic) bond motifs is 1. The van der Waals surface area contributed by atoms with Crippen LogP contribution in [0.2, 0.25) is 0 Å². The lowest BCUT2D eigenvalue weighted by Gasteiger charge is -2.25. The van der Waals surface area contributed by atoms with Crippen LogP contribution >= 0.6 is 15.9 Å². The third kappa shape index (κ3) is 3.64. The van der Waals surface area contributed by atoms with Crippen molar-refractivity contribution in [3.8, 4) is 0 Å². The molecule has 2 aromatic rings. The Morgan fingerprint density at radius 1 is 1.57 bits per heavy atom. The van der Waals surface area contributed by atoms with Crippen LogP contribution in [0.3, 0.4) is 0 Å². The van der Waals surface area contributed by atoms with Crippen molar-refractivity contribution in [1.29, 1.82) is 0 Å². The second kappa shape index (κ2) is 6.84. The Kier molecular flexibility index (Phi) is 4.82. The molecule has 0 aromatic carbocycles. The van der Waals surface area contributed by atoms with E-state index >= 15 is 0 Å². The van der Waals surface area contributed by atoms with Crippen LogP contribution in [0.4, 0.5) is 0 Å². The zero-order chi connectivity index (χ0) is 16.4. The number of aryl methyl sites for hydroxylation is 1. The molecule has 2 N–H and O–H groups in total. The third-order valence-electron chi connectivity index (χ3n) is 3.90. The first-order valence-corrected chi connectivity index (χ1v) is 8.52. The lowest BCUT2D eigenvalue weighted by molar-refractivity contribution is -0.00697. The summed E-state index contributed by atoms with van der Waals surface area (Å²) in [7, 11) is 0. The van der Waals surface area contributed by atoms with Crippen LogP contribution in [0, 0.1) is 0 Å². The minimum atomic E-state index is -0.134. The Hall–Kier alpha value is -1.67. The van der Waals surface area contributed by atoms with E-state index in [0.717, 1.165) is 28.7 Å². The van der Waals surface area contributed by atoms with Crippen molar-refractivity contribution in [1.82, 2.24) is 25.3 Å². The molecule has 1 aliphatic rings. The summed E-state index contributed by atoms with van der Waals surface area (Å²) in [5.41, 5.74) is 2.38. The molecule has 3 rings (SSSR count). The smallest absolute Gasteiger partial charge is 0.272 e. The molecule has 0 spiro atoms. The van der Waals surface area contributed by atoms with E-state index in [1.54, 1.807) is 6.20 Å². The van der Waals surface area contributed by atoms with Crippen molar-refractivity contribution in [2.75, 3.05) is 6.54 Å². The molecule has 2 aromatic heterocycles. The molecule has 0 bridgehead atoms. The van der Waals surface area contributed by atoms with Gasteiger partial charge in [-0.3, -0.25) is 14.6 Å². The molecule has 3 heterocycles. The largest absolute Gasteiger partial charge is 0.369 e. The number of carbonyl (C=O) groups is 1. The van der Waals surface area contributed by atoms with Crippen LogP contribution in [-0.2, 0) is 17.7 Å². The van der Waals surface area contributed by atoms with Gasteiger partial charge in [0.05, 0.1) is 28.6 Å². The van der Waals surface area contributed by atoms with Gasteiger partial charge < -0.3 is 10.1 Å². The van der Waals surface area contributed by atoms with Gasteiger partial charge in [-0.25, -0.2) is 0 Å². The average molecular weight is 382 g/mol. The molecule has 0 saturated carbocycles. The molecule has 0 saturated heterocycles. The van der Waals surface area contributed by atoms with Crippen LogP contribution in [0.1, 0.15) is 48.1 Å². The van der Waals surface area contributed by atoms with Crippen molar-refractivity contribution in [3.63, 3.8) is 0 Å². The summed E-state index contributed by atoms with van der Waals surface area (Å²) in [6.45, 7) is 5.32. The van der Waals surface area contributed by atoms with Crippen LogP contribution in [0.15, 0.2) is 16.9 Å². The quantitative estimate of drug-likeness (QED) is 0.777. The maximum atomic E-state index is 12.3. The Morgan fingerprint density at radius 3 is 3.13 bits per heavy atom. The van der Waals surface area contributed by atoms with Crippen LogP contribution in [0.5, 0.6) is 0 Å². The van der Waals surface area contributed by atoms with Crippen molar-refractivity contribution < 1.29 is 9.53 Å². The van der Waals surface area contributed by atoms with Gasteiger partial charge in [0.2, 0.25) is 0 Å². The standard InChI is InChI=1S/C15H20BrN5O2/c1-9-6-12-13(10(2)23-9)19-20-14(12)15(22)17-4-3-5-21-8-11(16)7-18-21/h7-10H,3-6H2,1-2H3,(H,17,22)(H,19,20)/t9-,10+/m1/s1. The van der Waals surface area contributed by atoms with E-state index in [1.807, 2.05) is 24.7 Å². The number of carbonyl (C=O) groups excluding carboxylic acids is 1. The van der Waals surface area contributed by atoms with Gasteiger partial charge >= 0.3 is 0 Å². The number of aromatic nitrogens is 4. The molecule has 7 nitrogen and oxygen atoms in total. The van der Waals surface area contributed by atoms with Crippen LogP contribution in [0.25, 0.3) is 0 Å². The summed E-state index contributed by atoms with van der Waals surface area (Å²) >= 11 is 3.36. The molecule has 23 heavy (non-hydrogen) atoms. The van der Waals surface area contributed by atoms with E-state index in [4.69, 9.17) is 4.74 Å². The maximum Gasteiger partial charge on any atom is 0.272 e. The lowest BCUT2D eigenvalue weighted by atomic mass is 9.99. The lowest BCUT2D eigenvalue weighted by Crippen LogP contribution is -2.28. The predicted molar refractivity (Wildman–Crippen MR) is 88.1 cm³/mol. The summed E-state index contributed by atoms with van der Waals surface area (Å²) in [6, 6.07) is 0.